The highest BCUT2D eigenvalue weighted by molar-refractivity contribution is 5.89. The first-order chi connectivity index (χ1) is 8.35. The summed E-state index contributed by atoms with van der Waals surface area (Å²) in [6.45, 7) is 9.35. The molecule has 1 aliphatic rings. The topological polar surface area (TPSA) is 55.6 Å². The van der Waals surface area contributed by atoms with Crippen LogP contribution >= 0.6 is 0 Å². The predicted octanol–water partition coefficient (Wildman–Crippen LogP) is 1.00. The number of nitrogens with two attached hydrogens (primary N) is 1. The minimum atomic E-state index is -0.861. The molecule has 4 heteroatoms. The van der Waals surface area contributed by atoms with E-state index in [-0.39, 0.29) is 17.4 Å². The largest absolute Gasteiger partial charge is 0.378 e. The molecule has 0 heterocycles. The number of terminal acetylenes is 1. The summed E-state index contributed by atoms with van der Waals surface area (Å²) in [7, 11) is 0. The monoisotopic (exact) mass is 252 g/mol. The third-order valence-electron chi connectivity index (χ3n) is 4.16. The molecule has 1 rings (SSSR count). The van der Waals surface area contributed by atoms with Crippen LogP contribution in [-0.2, 0) is 9.53 Å². The molecule has 2 atom stereocenters. The lowest BCUT2D eigenvalue weighted by molar-refractivity contribution is -0.178. The van der Waals surface area contributed by atoms with Crippen LogP contribution in [0.2, 0.25) is 0 Å². The maximum Gasteiger partial charge on any atom is 0.244 e. The van der Waals surface area contributed by atoms with Gasteiger partial charge in [-0.15, -0.1) is 6.42 Å². The molecule has 0 bridgehead atoms. The molecule has 1 saturated carbocycles. The van der Waals surface area contributed by atoms with Crippen molar-refractivity contribution in [1.29, 1.82) is 0 Å². The van der Waals surface area contributed by atoms with Crippen molar-refractivity contribution in [3.63, 3.8) is 0 Å². The number of nitrogens with zero attached hydrogens (tertiary/aromatic N) is 1. The smallest absolute Gasteiger partial charge is 0.244 e. The van der Waals surface area contributed by atoms with E-state index in [0.29, 0.717) is 26.1 Å². The highest BCUT2D eigenvalue weighted by atomic mass is 16.5. The molecule has 0 spiro atoms. The van der Waals surface area contributed by atoms with E-state index < -0.39 is 5.54 Å². The maximum absolute atomic E-state index is 12.5. The molecule has 102 valence electrons. The summed E-state index contributed by atoms with van der Waals surface area (Å²) in [5, 5.41) is 0. The van der Waals surface area contributed by atoms with E-state index in [1.54, 1.807) is 4.90 Å². The summed E-state index contributed by atoms with van der Waals surface area (Å²) in [5.41, 5.74) is 5.09. The second kappa shape index (κ2) is 5.29. The molecule has 0 radical (unpaired) electrons. The Labute approximate surface area is 110 Å². The standard InChI is InChI=1S/C14H24N2O2/c1-6-9-16(7-2)12(17)14(15)10-11(18-8-3)13(14,4)5/h1,11H,7-10,15H2,2-5H3. The summed E-state index contributed by atoms with van der Waals surface area (Å²) < 4.78 is 5.62. The molecule has 18 heavy (non-hydrogen) atoms. The van der Waals surface area contributed by atoms with Gasteiger partial charge in [0, 0.05) is 25.0 Å². The summed E-state index contributed by atoms with van der Waals surface area (Å²) >= 11 is 0. The third kappa shape index (κ3) is 2.13. The zero-order valence-electron chi connectivity index (χ0n) is 11.8. The second-order valence-corrected chi connectivity index (χ2v) is 5.36. The van der Waals surface area contributed by atoms with Crippen LogP contribution in [0.5, 0.6) is 0 Å². The highest BCUT2D eigenvalue weighted by Crippen LogP contribution is 2.50. The normalized spacial score (nSPS) is 29.2. The maximum atomic E-state index is 12.5. The van der Waals surface area contributed by atoms with Crippen LogP contribution in [0.1, 0.15) is 34.1 Å². The van der Waals surface area contributed by atoms with Crippen molar-refractivity contribution in [2.75, 3.05) is 19.7 Å². The average molecular weight is 252 g/mol. The van der Waals surface area contributed by atoms with Crippen molar-refractivity contribution in [2.45, 2.75) is 45.8 Å². The number of hydrogen-bond acceptors (Lipinski definition) is 3. The lowest BCUT2D eigenvalue weighted by Crippen LogP contribution is -2.76. The van der Waals surface area contributed by atoms with Gasteiger partial charge in [-0.25, -0.2) is 0 Å². The van der Waals surface area contributed by atoms with Gasteiger partial charge in [0.15, 0.2) is 0 Å². The van der Waals surface area contributed by atoms with Crippen molar-refractivity contribution >= 4 is 5.91 Å². The minimum absolute atomic E-state index is 0.0426. The molecule has 0 saturated heterocycles. The molecule has 0 aromatic carbocycles. The van der Waals surface area contributed by atoms with Crippen LogP contribution < -0.4 is 5.73 Å². The number of amides is 1. The van der Waals surface area contributed by atoms with E-state index in [2.05, 4.69) is 5.92 Å². The van der Waals surface area contributed by atoms with Crippen molar-refractivity contribution in [2.24, 2.45) is 11.1 Å². The zero-order valence-corrected chi connectivity index (χ0v) is 11.8. The van der Waals surface area contributed by atoms with E-state index in [4.69, 9.17) is 16.9 Å². The molecule has 4 nitrogen and oxygen atoms in total. The summed E-state index contributed by atoms with van der Waals surface area (Å²) in [5.74, 6) is 2.44. The first-order valence-electron chi connectivity index (χ1n) is 6.48. The Kier molecular flexibility index (Phi) is 4.41. The van der Waals surface area contributed by atoms with Gasteiger partial charge in [0.2, 0.25) is 5.91 Å². The molecule has 1 aliphatic carbocycles. The SMILES string of the molecule is C#CCN(CC)C(=O)C1(N)CC(OCC)C1(C)C. The second-order valence-electron chi connectivity index (χ2n) is 5.36. The van der Waals surface area contributed by atoms with Crippen molar-refractivity contribution in [3.8, 4) is 12.3 Å². The summed E-state index contributed by atoms with van der Waals surface area (Å²) in [6.07, 6.45) is 5.88. The molecule has 0 aromatic rings. The first-order valence-corrected chi connectivity index (χ1v) is 6.48. The Morgan fingerprint density at radius 2 is 2.17 bits per heavy atom. The Balaban J connectivity index is 2.84. The Morgan fingerprint density at radius 1 is 1.56 bits per heavy atom. The van der Waals surface area contributed by atoms with Crippen molar-refractivity contribution < 1.29 is 9.53 Å². The van der Waals surface area contributed by atoms with Gasteiger partial charge >= 0.3 is 0 Å². The molecule has 2 N–H and O–H groups in total. The van der Waals surface area contributed by atoms with Gasteiger partial charge < -0.3 is 15.4 Å². The average Bonchev–Trinajstić information content (AvgIpc) is 2.34. The molecular formula is C14H24N2O2. The quantitative estimate of drug-likeness (QED) is 0.743. The fraction of sp³-hybridized carbons (Fsp3) is 0.786. The van der Waals surface area contributed by atoms with E-state index in [0.717, 1.165) is 0 Å². The Bertz CT molecular complexity index is 359. The Morgan fingerprint density at radius 3 is 2.56 bits per heavy atom. The molecule has 2 unspecified atom stereocenters. The van der Waals surface area contributed by atoms with Crippen molar-refractivity contribution in [3.05, 3.63) is 0 Å². The molecule has 1 amide bonds. The first kappa shape index (κ1) is 15.0. The van der Waals surface area contributed by atoms with Gasteiger partial charge in [0.25, 0.3) is 0 Å². The number of carbonyl (C=O) groups excluding carboxylic acids is 1. The van der Waals surface area contributed by atoms with E-state index in [1.165, 1.54) is 0 Å². The van der Waals surface area contributed by atoms with Gasteiger partial charge in [0.1, 0.15) is 5.54 Å². The van der Waals surface area contributed by atoms with Gasteiger partial charge in [-0.05, 0) is 13.8 Å². The number of rotatable bonds is 5. The lowest BCUT2D eigenvalue weighted by Gasteiger charge is -2.58. The summed E-state index contributed by atoms with van der Waals surface area (Å²) in [4.78, 5) is 14.1. The molecular weight excluding hydrogens is 228 g/mol. The van der Waals surface area contributed by atoms with Crippen LogP contribution in [-0.4, -0.2) is 42.1 Å². The van der Waals surface area contributed by atoms with Crippen LogP contribution in [0.15, 0.2) is 0 Å². The molecule has 0 aromatic heterocycles. The van der Waals surface area contributed by atoms with E-state index in [1.807, 2.05) is 27.7 Å². The van der Waals surface area contributed by atoms with Crippen LogP contribution in [0.3, 0.4) is 0 Å². The van der Waals surface area contributed by atoms with Crippen molar-refractivity contribution in [1.82, 2.24) is 4.90 Å². The van der Waals surface area contributed by atoms with Crippen LogP contribution in [0.25, 0.3) is 0 Å². The van der Waals surface area contributed by atoms with Gasteiger partial charge in [-0.2, -0.15) is 0 Å². The van der Waals surface area contributed by atoms with E-state index in [9.17, 15) is 4.79 Å². The fourth-order valence-corrected chi connectivity index (χ4v) is 2.52. The van der Waals surface area contributed by atoms with Gasteiger partial charge in [-0.1, -0.05) is 19.8 Å². The third-order valence-corrected chi connectivity index (χ3v) is 4.16. The van der Waals surface area contributed by atoms with E-state index >= 15 is 0 Å². The number of carbonyl (C=O) groups is 1. The highest BCUT2D eigenvalue weighted by Gasteiger charge is 2.63. The summed E-state index contributed by atoms with van der Waals surface area (Å²) in [6, 6.07) is 0. The lowest BCUT2D eigenvalue weighted by atomic mass is 9.54. The molecule has 0 aliphatic heterocycles. The Hall–Kier alpha value is -1.05. The number of ether oxygens (including phenoxy) is 1. The van der Waals surface area contributed by atoms with Crippen LogP contribution in [0, 0.1) is 17.8 Å². The zero-order chi connectivity index (χ0) is 14.0. The molecule has 1 fully saturated rings. The minimum Gasteiger partial charge on any atom is -0.378 e. The fourth-order valence-electron chi connectivity index (χ4n) is 2.52. The predicted molar refractivity (Wildman–Crippen MR) is 71.8 cm³/mol. The van der Waals surface area contributed by atoms with Gasteiger partial charge in [0.05, 0.1) is 12.6 Å². The number of hydrogen-bond donors (Lipinski definition) is 1. The van der Waals surface area contributed by atoms with Crippen LogP contribution in [0.4, 0.5) is 0 Å². The van der Waals surface area contributed by atoms with Gasteiger partial charge in [-0.3, -0.25) is 4.79 Å². The number of likely N-dealkylation sites (N-methyl/N-ethyl adjacent to an activating group) is 1.